The number of halogens is 3. The summed E-state index contributed by atoms with van der Waals surface area (Å²) >= 11 is 0. The fourth-order valence-electron chi connectivity index (χ4n) is 3.99. The Morgan fingerprint density at radius 2 is 1.66 bits per heavy atom. The highest BCUT2D eigenvalue weighted by atomic mass is 19.4. The molecule has 1 aliphatic heterocycles. The Morgan fingerprint density at radius 1 is 1.03 bits per heavy atom. The molecular formula is C21H19F3N2O3. The van der Waals surface area contributed by atoms with Crippen LogP contribution in [-0.2, 0) is 28.0 Å². The van der Waals surface area contributed by atoms with Crippen LogP contribution in [0, 0.1) is 0 Å². The van der Waals surface area contributed by atoms with Crippen LogP contribution in [-0.4, -0.2) is 29.1 Å². The van der Waals surface area contributed by atoms with Gasteiger partial charge in [0.05, 0.1) is 5.41 Å². The van der Waals surface area contributed by atoms with Crippen LogP contribution >= 0.6 is 0 Å². The smallest absolute Gasteiger partial charge is 0.406 e. The zero-order chi connectivity index (χ0) is 20.8. The summed E-state index contributed by atoms with van der Waals surface area (Å²) in [5.41, 5.74) is 7.30. The van der Waals surface area contributed by atoms with E-state index < -0.39 is 23.7 Å². The third-order valence-corrected chi connectivity index (χ3v) is 5.64. The molecule has 1 fully saturated rings. The molecule has 2 amide bonds. The van der Waals surface area contributed by atoms with Crippen LogP contribution in [0.2, 0.25) is 0 Å². The van der Waals surface area contributed by atoms with Crippen LogP contribution in [0.15, 0.2) is 48.5 Å². The number of hydrogen-bond acceptors (Lipinski definition) is 3. The number of carbonyl (C=O) groups is 2. The first-order chi connectivity index (χ1) is 13.7. The Bertz CT molecular complexity index is 952. The third kappa shape index (κ3) is 3.66. The fourth-order valence-corrected chi connectivity index (χ4v) is 3.99. The Morgan fingerprint density at radius 3 is 2.21 bits per heavy atom. The van der Waals surface area contributed by atoms with Crippen molar-refractivity contribution >= 4 is 11.8 Å². The van der Waals surface area contributed by atoms with Gasteiger partial charge in [-0.25, -0.2) is 0 Å². The molecule has 2 aromatic carbocycles. The van der Waals surface area contributed by atoms with Crippen molar-refractivity contribution in [3.63, 3.8) is 0 Å². The first kappa shape index (κ1) is 19.3. The molecule has 0 spiro atoms. The minimum absolute atomic E-state index is 0.222. The van der Waals surface area contributed by atoms with E-state index in [0.717, 1.165) is 11.1 Å². The molecular weight excluding hydrogens is 385 g/mol. The number of ether oxygens (including phenoxy) is 1. The predicted molar refractivity (Wildman–Crippen MR) is 97.7 cm³/mol. The number of alkyl halides is 3. The second kappa shape index (κ2) is 6.79. The highest BCUT2D eigenvalue weighted by Gasteiger charge is 2.54. The molecule has 2 aliphatic rings. The van der Waals surface area contributed by atoms with E-state index in [1.54, 1.807) is 0 Å². The molecule has 0 saturated heterocycles. The van der Waals surface area contributed by atoms with E-state index in [1.165, 1.54) is 29.2 Å². The van der Waals surface area contributed by atoms with Gasteiger partial charge < -0.3 is 15.4 Å². The maximum absolute atomic E-state index is 13.4. The normalized spacial score (nSPS) is 20.0. The van der Waals surface area contributed by atoms with Gasteiger partial charge in [-0.2, -0.15) is 0 Å². The van der Waals surface area contributed by atoms with Gasteiger partial charge in [-0.05, 0) is 41.7 Å². The molecule has 0 radical (unpaired) electrons. The van der Waals surface area contributed by atoms with Gasteiger partial charge in [-0.1, -0.05) is 36.4 Å². The molecule has 2 aromatic rings. The molecule has 1 atom stereocenters. The Kier molecular flexibility index (Phi) is 4.52. The molecule has 0 aromatic heterocycles. The second-order valence-corrected chi connectivity index (χ2v) is 7.48. The van der Waals surface area contributed by atoms with Crippen molar-refractivity contribution in [2.45, 2.75) is 43.6 Å². The Hall–Kier alpha value is -3.03. The van der Waals surface area contributed by atoms with E-state index in [0.29, 0.717) is 24.8 Å². The van der Waals surface area contributed by atoms with Crippen LogP contribution in [0.4, 0.5) is 13.2 Å². The summed E-state index contributed by atoms with van der Waals surface area (Å²) in [6.45, 7) is 0.277. The molecule has 1 saturated carbocycles. The lowest BCUT2D eigenvalue weighted by atomic mass is 9.89. The van der Waals surface area contributed by atoms with E-state index in [-0.39, 0.29) is 18.2 Å². The second-order valence-electron chi connectivity index (χ2n) is 7.48. The molecule has 5 nitrogen and oxygen atoms in total. The van der Waals surface area contributed by atoms with Gasteiger partial charge in [-0.15, -0.1) is 13.2 Å². The lowest BCUT2D eigenvalue weighted by Crippen LogP contribution is -2.54. The van der Waals surface area contributed by atoms with Crippen LogP contribution in [0.3, 0.4) is 0 Å². The Balaban J connectivity index is 1.60. The first-order valence-corrected chi connectivity index (χ1v) is 9.23. The largest absolute Gasteiger partial charge is 0.573 e. The fraction of sp³-hybridized carbons (Fsp3) is 0.333. The van der Waals surface area contributed by atoms with Crippen molar-refractivity contribution in [3.8, 4) is 5.75 Å². The summed E-state index contributed by atoms with van der Waals surface area (Å²) in [7, 11) is 0. The number of primary amides is 1. The number of benzene rings is 2. The van der Waals surface area contributed by atoms with E-state index in [4.69, 9.17) is 5.73 Å². The topological polar surface area (TPSA) is 72.6 Å². The maximum atomic E-state index is 13.4. The molecule has 29 heavy (non-hydrogen) atoms. The van der Waals surface area contributed by atoms with E-state index >= 15 is 0 Å². The lowest BCUT2D eigenvalue weighted by molar-refractivity contribution is -0.274. The van der Waals surface area contributed by atoms with Gasteiger partial charge in [0.2, 0.25) is 11.8 Å². The van der Waals surface area contributed by atoms with Crippen molar-refractivity contribution in [3.05, 3.63) is 65.2 Å². The lowest BCUT2D eigenvalue weighted by Gasteiger charge is -2.37. The van der Waals surface area contributed by atoms with Crippen molar-refractivity contribution in [2.75, 3.05) is 0 Å². The van der Waals surface area contributed by atoms with Gasteiger partial charge in [0.15, 0.2) is 0 Å². The van der Waals surface area contributed by atoms with Gasteiger partial charge in [-0.3, -0.25) is 9.59 Å². The summed E-state index contributed by atoms with van der Waals surface area (Å²) in [5, 5.41) is 0. The summed E-state index contributed by atoms with van der Waals surface area (Å²) in [6, 6.07) is 12.2. The van der Waals surface area contributed by atoms with Crippen LogP contribution in [0.1, 0.15) is 29.5 Å². The number of amides is 2. The van der Waals surface area contributed by atoms with Gasteiger partial charge in [0, 0.05) is 13.0 Å². The number of rotatable bonds is 4. The number of nitrogens with zero attached hydrogens (tertiary/aromatic N) is 1. The quantitative estimate of drug-likeness (QED) is 0.851. The van der Waals surface area contributed by atoms with E-state index in [1.807, 2.05) is 24.3 Å². The summed E-state index contributed by atoms with van der Waals surface area (Å²) in [6.07, 6.45) is -3.29. The highest BCUT2D eigenvalue weighted by molar-refractivity contribution is 5.95. The van der Waals surface area contributed by atoms with Gasteiger partial charge in [0.25, 0.3) is 0 Å². The number of nitrogens with two attached hydrogens (primary N) is 1. The van der Waals surface area contributed by atoms with Crippen LogP contribution < -0.4 is 10.5 Å². The number of carbonyl (C=O) groups excluding carboxylic acids is 2. The summed E-state index contributed by atoms with van der Waals surface area (Å²) < 4.78 is 41.0. The van der Waals surface area contributed by atoms with Crippen molar-refractivity contribution < 1.29 is 27.5 Å². The van der Waals surface area contributed by atoms with Crippen molar-refractivity contribution in [1.82, 2.24) is 4.90 Å². The maximum Gasteiger partial charge on any atom is 0.573 e. The average molecular weight is 404 g/mol. The zero-order valence-electron chi connectivity index (χ0n) is 15.4. The number of fused-ring (bicyclic) bond motifs is 1. The van der Waals surface area contributed by atoms with Crippen molar-refractivity contribution in [2.24, 2.45) is 5.73 Å². The standard InChI is InChI=1S/C21H19F3N2O3/c22-21(23,24)29-16-7-5-15(6-8-16)20(9-10-20)19(28)26-12-14-4-2-1-3-13(14)11-17(26)18(25)27/h1-8,17H,9-12H2,(H2,25,27). The molecule has 1 unspecified atom stereocenters. The van der Waals surface area contributed by atoms with E-state index in [9.17, 15) is 22.8 Å². The van der Waals surface area contributed by atoms with Crippen molar-refractivity contribution in [1.29, 1.82) is 0 Å². The minimum atomic E-state index is -4.77. The predicted octanol–water partition coefficient (Wildman–Crippen LogP) is 3.06. The zero-order valence-corrected chi connectivity index (χ0v) is 15.4. The van der Waals surface area contributed by atoms with Gasteiger partial charge in [0.1, 0.15) is 11.8 Å². The SMILES string of the molecule is NC(=O)C1Cc2ccccc2CN1C(=O)C1(c2ccc(OC(F)(F)F)cc2)CC1. The van der Waals surface area contributed by atoms with E-state index in [2.05, 4.69) is 4.74 Å². The molecule has 8 heteroatoms. The molecule has 2 N–H and O–H groups in total. The molecule has 1 aliphatic carbocycles. The summed E-state index contributed by atoms with van der Waals surface area (Å²) in [4.78, 5) is 27.0. The molecule has 4 rings (SSSR count). The Labute approximate surface area is 165 Å². The molecule has 152 valence electrons. The van der Waals surface area contributed by atoms with Crippen LogP contribution in [0.25, 0.3) is 0 Å². The molecule has 1 heterocycles. The number of hydrogen-bond donors (Lipinski definition) is 1. The average Bonchev–Trinajstić information content (AvgIpc) is 3.47. The molecule has 0 bridgehead atoms. The summed E-state index contributed by atoms with van der Waals surface area (Å²) in [5.74, 6) is -1.13. The highest BCUT2D eigenvalue weighted by Crippen LogP contribution is 2.50. The first-order valence-electron chi connectivity index (χ1n) is 9.23. The van der Waals surface area contributed by atoms with Gasteiger partial charge >= 0.3 is 6.36 Å². The van der Waals surface area contributed by atoms with Crippen LogP contribution in [0.5, 0.6) is 5.75 Å². The monoisotopic (exact) mass is 404 g/mol. The third-order valence-electron chi connectivity index (χ3n) is 5.64. The minimum Gasteiger partial charge on any atom is -0.406 e.